The molecule has 556 valence electrons. The molecule has 3 heterocycles. The first-order chi connectivity index (χ1) is 47.6. The van der Waals surface area contributed by atoms with Gasteiger partial charge >= 0.3 is 23.9 Å². The highest BCUT2D eigenvalue weighted by Crippen LogP contribution is 2.23. The number of piperidine rings is 1. The van der Waals surface area contributed by atoms with E-state index in [0.717, 1.165) is 42.4 Å². The van der Waals surface area contributed by atoms with Crippen LogP contribution < -0.4 is 63.8 Å². The molecule has 3 fully saturated rings. The normalized spacial score (nSPS) is 22.6. The second-order valence-corrected chi connectivity index (χ2v) is 25.5. The smallest absolute Gasteiger partial charge is 0.315 e. The highest BCUT2D eigenvalue weighted by atomic mass is 16.4. The minimum Gasteiger partial charge on any atom is -0.481 e. The fourth-order valence-corrected chi connectivity index (χ4v) is 11.7. The summed E-state index contributed by atoms with van der Waals surface area (Å²) in [6.07, 6.45) is 9.20. The fourth-order valence-electron chi connectivity index (χ4n) is 11.7. The molecular weight excluding hydrogens is 1310 g/mol. The molecule has 1 aromatic carbocycles. The predicted octanol–water partition coefficient (Wildman–Crippen LogP) is -1.79. The third kappa shape index (κ3) is 29.1. The number of rotatable bonds is 29. The molecular formula is C66H102N14O20. The third-order valence-corrected chi connectivity index (χ3v) is 17.4. The molecule has 0 radical (unpaired) electrons. The number of hydrogen-bond donors (Lipinski definition) is 16. The number of carboxylic acid groups (broad SMARTS) is 3. The van der Waals surface area contributed by atoms with Gasteiger partial charge in [-0.1, -0.05) is 128 Å². The number of carbonyl (C=O) groups excluding carboxylic acids is 13. The van der Waals surface area contributed by atoms with Gasteiger partial charge in [-0.3, -0.25) is 71.9 Å². The summed E-state index contributed by atoms with van der Waals surface area (Å²) < 4.78 is 0. The number of aliphatic hydroxyl groups excluding tert-OH is 1. The fraction of sp³-hybridized carbons (Fsp3) is 0.667. The minimum atomic E-state index is -1.97. The maximum atomic E-state index is 15.1. The van der Waals surface area contributed by atoms with Crippen LogP contribution in [0.3, 0.4) is 0 Å². The van der Waals surface area contributed by atoms with Gasteiger partial charge in [-0.2, -0.15) is 0 Å². The average molecular weight is 1410 g/mol. The van der Waals surface area contributed by atoms with Crippen molar-refractivity contribution in [2.24, 2.45) is 5.92 Å². The van der Waals surface area contributed by atoms with E-state index in [-0.39, 0.29) is 58.2 Å². The standard InChI is InChI=1S/C66H102N14O20/c1-5-7-8-9-10-11-12-13-14-15-16-21-28-67-66(100)76-42(31-41-24-18-17-19-25-41)59(93)74-45(34-54(89)90)60(94)75-46-35-68-61(95)48-27-23-30-80(48)65(99)55(39(3)6-2)78-63(97)56(40(4)81)77-51(84)38-70-58(92)44(33-53(87)88)72-49(82)36-69-57(91)43(32-52(85)86)73-50(83)37-71-62(96)47-26-20-22-29-79(47)64(46)98/h17-19,24-25,39-40,42-48,55-56,81H,5-16,20-23,26-38H2,1-4H3,(H,68,95)(H,69,91)(H,70,92)(H,71,96)(H,72,82)(H,73,83)(H,74,93)(H,75,94)(H,77,84)(H,78,97)(H,85,86)(H,87,88)(H,89,90)(H2,67,76,100)/t39-,40+,42-,43-,44-,45-,46-,47-,48-,55-,56-/m0/s1. The number of nitrogens with zero attached hydrogens (tertiary/aromatic N) is 2. The van der Waals surface area contributed by atoms with Crippen LogP contribution in [0.2, 0.25) is 0 Å². The summed E-state index contributed by atoms with van der Waals surface area (Å²) >= 11 is 0. The van der Waals surface area contributed by atoms with E-state index in [1.807, 2.05) is 0 Å². The van der Waals surface area contributed by atoms with Crippen LogP contribution in [-0.2, 0) is 78.3 Å². The van der Waals surface area contributed by atoms with Crippen molar-refractivity contribution in [2.45, 2.75) is 229 Å². The first-order valence-electron chi connectivity index (χ1n) is 34.6. The molecule has 11 atom stereocenters. The second-order valence-electron chi connectivity index (χ2n) is 25.5. The highest BCUT2D eigenvalue weighted by Gasteiger charge is 2.43. The number of aliphatic carboxylic acids is 3. The molecule has 34 nitrogen and oxygen atoms in total. The molecule has 4 rings (SSSR count). The minimum absolute atomic E-state index is 0.0186. The molecule has 3 saturated heterocycles. The molecule has 34 heteroatoms. The number of aliphatic hydroxyl groups is 1. The molecule has 0 unspecified atom stereocenters. The van der Waals surface area contributed by atoms with Crippen molar-refractivity contribution in [1.29, 1.82) is 0 Å². The Bertz CT molecular complexity index is 2990. The summed E-state index contributed by atoms with van der Waals surface area (Å²) in [6.45, 7) is 2.88. The number of urea groups is 1. The van der Waals surface area contributed by atoms with Gasteiger partial charge in [0.2, 0.25) is 70.9 Å². The SMILES string of the molecule is CCCCCCCCCCCCCCNC(=O)N[C@@H](Cc1ccccc1)C(=O)N[C@@H](CC(=O)O)C(=O)N[C@H]1CNC(=O)[C@@H]2CCCN2C(=O)[C@H]([C@@H](C)CC)NC(=O)[C@H]([C@@H](C)O)NC(=O)CNC(=O)[C@H](CC(=O)O)NC(=O)CNC(=O)[C@H](CC(=O)O)NC(=O)CNC(=O)[C@@H]2CCCCN2C1=O. The molecule has 0 saturated carbocycles. The van der Waals surface area contributed by atoms with Gasteiger partial charge in [-0.05, 0) is 56.9 Å². The zero-order chi connectivity index (χ0) is 73.8. The van der Waals surface area contributed by atoms with Gasteiger partial charge in [0.05, 0.1) is 45.0 Å². The van der Waals surface area contributed by atoms with E-state index in [9.17, 15) is 92.3 Å². The van der Waals surface area contributed by atoms with Crippen LogP contribution in [0, 0.1) is 5.92 Å². The maximum Gasteiger partial charge on any atom is 0.315 e. The largest absolute Gasteiger partial charge is 0.481 e. The Kier molecular flexibility index (Phi) is 36.3. The summed E-state index contributed by atoms with van der Waals surface area (Å²) in [6, 6.07) is -7.32. The number of carboxylic acids is 3. The Hall–Kier alpha value is -9.50. The molecule has 14 amide bonds. The molecule has 0 aliphatic carbocycles. The molecule has 100 heavy (non-hydrogen) atoms. The number of nitrogens with one attached hydrogen (secondary N) is 12. The Morgan fingerprint density at radius 2 is 1.03 bits per heavy atom. The van der Waals surface area contributed by atoms with E-state index in [4.69, 9.17) is 0 Å². The number of amides is 14. The topological polar surface area (TPSA) is 505 Å². The maximum absolute atomic E-state index is 15.1. The lowest BCUT2D eigenvalue weighted by Gasteiger charge is -2.37. The van der Waals surface area contributed by atoms with Crippen LogP contribution >= 0.6 is 0 Å². The van der Waals surface area contributed by atoms with Gasteiger partial charge in [0.1, 0.15) is 54.4 Å². The lowest BCUT2D eigenvalue weighted by molar-refractivity contribution is -0.146. The number of fused-ring (bicyclic) bond motifs is 2. The first kappa shape index (κ1) is 82.9. The molecule has 0 bridgehead atoms. The lowest BCUT2D eigenvalue weighted by atomic mass is 9.96. The van der Waals surface area contributed by atoms with Gasteiger partial charge < -0.3 is 94.0 Å². The van der Waals surface area contributed by atoms with E-state index in [1.54, 1.807) is 44.2 Å². The number of benzene rings is 1. The summed E-state index contributed by atoms with van der Waals surface area (Å²) in [5, 5.41) is 68.4. The van der Waals surface area contributed by atoms with Crippen molar-refractivity contribution in [2.75, 3.05) is 45.8 Å². The lowest BCUT2D eigenvalue weighted by Crippen LogP contribution is -2.63. The average Bonchev–Trinajstić information content (AvgIpc) is 1.19. The molecule has 3 aliphatic rings. The Morgan fingerprint density at radius 3 is 1.56 bits per heavy atom. The van der Waals surface area contributed by atoms with Crippen molar-refractivity contribution in [1.82, 2.24) is 73.6 Å². The first-order valence-corrected chi connectivity index (χ1v) is 34.6. The van der Waals surface area contributed by atoms with Crippen LogP contribution in [0.1, 0.15) is 168 Å². The molecule has 0 spiro atoms. The molecule has 3 aliphatic heterocycles. The number of unbranched alkanes of at least 4 members (excludes halogenated alkanes) is 11. The Morgan fingerprint density at radius 1 is 0.530 bits per heavy atom. The van der Waals surface area contributed by atoms with Crippen LogP contribution in [0.15, 0.2) is 30.3 Å². The Labute approximate surface area is 580 Å². The monoisotopic (exact) mass is 1410 g/mol. The second kappa shape index (κ2) is 43.8. The number of hydrogen-bond acceptors (Lipinski definition) is 17. The van der Waals surface area contributed by atoms with Gasteiger partial charge in [-0.15, -0.1) is 0 Å². The van der Waals surface area contributed by atoms with Gasteiger partial charge in [0.15, 0.2) is 0 Å². The van der Waals surface area contributed by atoms with Crippen molar-refractivity contribution in [3.8, 4) is 0 Å². The van der Waals surface area contributed by atoms with Crippen molar-refractivity contribution >= 4 is 94.8 Å². The highest BCUT2D eigenvalue weighted by molar-refractivity contribution is 6.00. The van der Waals surface area contributed by atoms with Crippen LogP contribution in [-0.4, -0.2) is 231 Å². The predicted molar refractivity (Wildman–Crippen MR) is 357 cm³/mol. The van der Waals surface area contributed by atoms with E-state index < -0.39 is 207 Å². The van der Waals surface area contributed by atoms with Gasteiger partial charge in [0, 0.05) is 32.6 Å². The van der Waals surface area contributed by atoms with Crippen molar-refractivity contribution < 1.29 is 97.1 Å². The van der Waals surface area contributed by atoms with E-state index in [2.05, 4.69) is 70.7 Å². The molecule has 16 N–H and O–H groups in total. The number of carbonyl (C=O) groups is 16. The summed E-state index contributed by atoms with van der Waals surface area (Å²) in [7, 11) is 0. The van der Waals surface area contributed by atoms with E-state index in [1.165, 1.54) is 44.9 Å². The van der Waals surface area contributed by atoms with E-state index >= 15 is 4.79 Å². The summed E-state index contributed by atoms with van der Waals surface area (Å²) in [5.74, 6) is -18.6. The molecule has 1 aromatic rings. The van der Waals surface area contributed by atoms with Gasteiger partial charge in [0.25, 0.3) is 0 Å². The van der Waals surface area contributed by atoms with Crippen LogP contribution in [0.25, 0.3) is 0 Å². The van der Waals surface area contributed by atoms with Gasteiger partial charge in [-0.25, -0.2) is 4.79 Å². The zero-order valence-corrected chi connectivity index (χ0v) is 57.5. The van der Waals surface area contributed by atoms with Crippen molar-refractivity contribution in [3.63, 3.8) is 0 Å². The molecule has 0 aromatic heterocycles. The van der Waals surface area contributed by atoms with Crippen LogP contribution in [0.5, 0.6) is 0 Å². The van der Waals surface area contributed by atoms with Crippen LogP contribution in [0.4, 0.5) is 4.79 Å². The Balaban J connectivity index is 1.68. The van der Waals surface area contributed by atoms with E-state index in [0.29, 0.717) is 18.4 Å². The summed E-state index contributed by atoms with van der Waals surface area (Å²) in [4.78, 5) is 219. The third-order valence-electron chi connectivity index (χ3n) is 17.4. The summed E-state index contributed by atoms with van der Waals surface area (Å²) in [5.41, 5.74) is 0.576. The van der Waals surface area contributed by atoms with Crippen molar-refractivity contribution in [3.05, 3.63) is 35.9 Å². The zero-order valence-electron chi connectivity index (χ0n) is 57.5. The quantitative estimate of drug-likeness (QED) is 0.0394.